The minimum atomic E-state index is -0.600. The average Bonchev–Trinajstić information content (AvgIpc) is 3.27. The highest BCUT2D eigenvalue weighted by molar-refractivity contribution is 5.95. The van der Waals surface area contributed by atoms with Gasteiger partial charge in [0.15, 0.2) is 11.5 Å². The van der Waals surface area contributed by atoms with Crippen molar-refractivity contribution in [1.29, 1.82) is 0 Å². The largest absolute Gasteiger partial charge is 0.493 e. The van der Waals surface area contributed by atoms with E-state index in [1.54, 1.807) is 12.0 Å². The van der Waals surface area contributed by atoms with Gasteiger partial charge >= 0.3 is 5.97 Å². The number of hydrogen-bond donors (Lipinski definition) is 1. The van der Waals surface area contributed by atoms with E-state index in [0.29, 0.717) is 43.2 Å². The number of amides is 2. The van der Waals surface area contributed by atoms with Gasteiger partial charge < -0.3 is 24.4 Å². The molecule has 1 aliphatic rings. The van der Waals surface area contributed by atoms with E-state index in [1.807, 2.05) is 32.0 Å². The summed E-state index contributed by atoms with van der Waals surface area (Å²) < 4.78 is 16.5. The van der Waals surface area contributed by atoms with Crippen molar-refractivity contribution in [1.82, 2.24) is 15.2 Å². The highest BCUT2D eigenvalue weighted by Crippen LogP contribution is 2.37. The maximum absolute atomic E-state index is 12.5. The Morgan fingerprint density at radius 3 is 2.56 bits per heavy atom. The first-order valence-corrected chi connectivity index (χ1v) is 11.4. The molecular weight excluding hydrogens is 438 g/mol. The Hall–Kier alpha value is -3.62. The molecule has 182 valence electrons. The van der Waals surface area contributed by atoms with Crippen LogP contribution in [-0.2, 0) is 9.53 Å². The van der Waals surface area contributed by atoms with Gasteiger partial charge in [-0.3, -0.25) is 9.59 Å². The number of rotatable bonds is 9. The maximum Gasteiger partial charge on any atom is 0.356 e. The van der Waals surface area contributed by atoms with E-state index in [4.69, 9.17) is 14.2 Å². The quantitative estimate of drug-likeness (QED) is 0.563. The van der Waals surface area contributed by atoms with Crippen LogP contribution in [0.4, 0.5) is 0 Å². The molecule has 3 rings (SSSR count). The Morgan fingerprint density at radius 1 is 1.15 bits per heavy atom. The molecule has 1 fully saturated rings. The Kier molecular flexibility index (Phi) is 8.45. The molecule has 2 aromatic rings. The van der Waals surface area contributed by atoms with Gasteiger partial charge in [0.2, 0.25) is 5.91 Å². The second kappa shape index (κ2) is 11.5. The topological polar surface area (TPSA) is 107 Å². The van der Waals surface area contributed by atoms with E-state index in [2.05, 4.69) is 10.3 Å². The third-order valence-corrected chi connectivity index (χ3v) is 5.76. The Morgan fingerprint density at radius 2 is 1.94 bits per heavy atom. The number of likely N-dealkylation sites (tertiary alicyclic amines) is 1. The molecule has 2 heterocycles. The monoisotopic (exact) mass is 469 g/mol. The van der Waals surface area contributed by atoms with Crippen LogP contribution in [0.1, 0.15) is 59.5 Å². The van der Waals surface area contributed by atoms with Gasteiger partial charge in [0, 0.05) is 32.1 Å². The number of nitrogens with zero attached hydrogens (tertiary/aromatic N) is 2. The van der Waals surface area contributed by atoms with E-state index >= 15 is 0 Å². The fourth-order valence-electron chi connectivity index (χ4n) is 4.07. The van der Waals surface area contributed by atoms with Crippen LogP contribution >= 0.6 is 0 Å². The normalized spacial score (nSPS) is 17.2. The van der Waals surface area contributed by atoms with Crippen molar-refractivity contribution in [2.24, 2.45) is 0 Å². The van der Waals surface area contributed by atoms with Crippen molar-refractivity contribution in [2.45, 2.75) is 39.2 Å². The number of hydrogen-bond acceptors (Lipinski definition) is 7. The summed E-state index contributed by atoms with van der Waals surface area (Å²) in [6.45, 7) is 6.84. The van der Waals surface area contributed by atoms with E-state index in [-0.39, 0.29) is 36.1 Å². The SMILES string of the molecule is CCNC(=O)c1ccc(C(=O)OC[C@H]2C[C@@H](c3ccc(OC)c(OCC)c3)CN2C(C)=O)nc1. The Bertz CT molecular complexity index is 1020. The molecule has 1 aromatic carbocycles. The molecule has 0 saturated carbocycles. The predicted molar refractivity (Wildman–Crippen MR) is 125 cm³/mol. The highest BCUT2D eigenvalue weighted by Gasteiger charge is 2.35. The number of carbonyl (C=O) groups is 3. The number of pyridine rings is 1. The fraction of sp³-hybridized carbons (Fsp3) is 0.440. The molecule has 2 atom stereocenters. The van der Waals surface area contributed by atoms with E-state index in [1.165, 1.54) is 25.3 Å². The lowest BCUT2D eigenvalue weighted by Gasteiger charge is -2.22. The molecule has 1 N–H and O–H groups in total. The highest BCUT2D eigenvalue weighted by atomic mass is 16.5. The first-order chi connectivity index (χ1) is 16.4. The lowest BCUT2D eigenvalue weighted by molar-refractivity contribution is -0.130. The summed E-state index contributed by atoms with van der Waals surface area (Å²) >= 11 is 0. The Balaban J connectivity index is 1.66. The number of carbonyl (C=O) groups excluding carboxylic acids is 3. The lowest BCUT2D eigenvalue weighted by Crippen LogP contribution is -2.37. The first-order valence-electron chi connectivity index (χ1n) is 11.4. The lowest BCUT2D eigenvalue weighted by atomic mass is 9.96. The minimum Gasteiger partial charge on any atom is -0.493 e. The fourth-order valence-corrected chi connectivity index (χ4v) is 4.07. The molecule has 0 unspecified atom stereocenters. The van der Waals surface area contributed by atoms with Crippen LogP contribution in [0.3, 0.4) is 0 Å². The molecule has 0 spiro atoms. The van der Waals surface area contributed by atoms with Crippen LogP contribution in [0, 0.1) is 0 Å². The molecule has 9 heteroatoms. The second-order valence-corrected chi connectivity index (χ2v) is 7.99. The first kappa shape index (κ1) is 25.0. The van der Waals surface area contributed by atoms with Crippen LogP contribution in [-0.4, -0.2) is 67.1 Å². The van der Waals surface area contributed by atoms with Crippen molar-refractivity contribution >= 4 is 17.8 Å². The standard InChI is InChI=1S/C25H31N3O6/c1-5-26-24(30)18-7-9-21(27-13-18)25(31)34-15-20-11-19(14-28(20)16(3)29)17-8-10-22(32-4)23(12-17)33-6-2/h7-10,12-13,19-20H,5-6,11,14-15H2,1-4H3,(H,26,30)/t19-,20-/m1/s1. The molecule has 34 heavy (non-hydrogen) atoms. The van der Waals surface area contributed by atoms with Gasteiger partial charge in [-0.25, -0.2) is 9.78 Å². The molecule has 2 amide bonds. The zero-order valence-corrected chi connectivity index (χ0v) is 20.0. The second-order valence-electron chi connectivity index (χ2n) is 7.99. The molecule has 0 aliphatic carbocycles. The summed E-state index contributed by atoms with van der Waals surface area (Å²) in [5, 5.41) is 2.68. The number of methoxy groups -OCH3 is 1. The summed E-state index contributed by atoms with van der Waals surface area (Å²) in [5.41, 5.74) is 1.51. The number of esters is 1. The number of benzene rings is 1. The van der Waals surface area contributed by atoms with Crippen molar-refractivity contribution < 1.29 is 28.6 Å². The molecule has 1 aromatic heterocycles. The summed E-state index contributed by atoms with van der Waals surface area (Å²) in [4.78, 5) is 42.4. The zero-order chi connectivity index (χ0) is 24.7. The van der Waals surface area contributed by atoms with Crippen molar-refractivity contribution in [3.8, 4) is 11.5 Å². The number of ether oxygens (including phenoxy) is 3. The Labute approximate surface area is 199 Å². The number of nitrogens with one attached hydrogen (secondary N) is 1. The van der Waals surface area contributed by atoms with Crippen molar-refractivity contribution in [3.63, 3.8) is 0 Å². The van der Waals surface area contributed by atoms with Crippen LogP contribution in [0.15, 0.2) is 36.5 Å². The van der Waals surface area contributed by atoms with Gasteiger partial charge in [-0.1, -0.05) is 6.07 Å². The van der Waals surface area contributed by atoms with Crippen LogP contribution < -0.4 is 14.8 Å². The van der Waals surface area contributed by atoms with Gasteiger partial charge in [0.25, 0.3) is 5.91 Å². The van der Waals surface area contributed by atoms with Gasteiger partial charge in [-0.15, -0.1) is 0 Å². The summed E-state index contributed by atoms with van der Waals surface area (Å²) in [6, 6.07) is 8.51. The summed E-state index contributed by atoms with van der Waals surface area (Å²) in [6.07, 6.45) is 1.99. The molecule has 9 nitrogen and oxygen atoms in total. The van der Waals surface area contributed by atoms with Crippen molar-refractivity contribution in [3.05, 3.63) is 53.3 Å². The van der Waals surface area contributed by atoms with Crippen LogP contribution in [0.5, 0.6) is 11.5 Å². The third-order valence-electron chi connectivity index (χ3n) is 5.76. The predicted octanol–water partition coefficient (Wildman–Crippen LogP) is 2.80. The third kappa shape index (κ3) is 5.84. The van der Waals surface area contributed by atoms with Gasteiger partial charge in [0.05, 0.1) is 25.3 Å². The summed E-state index contributed by atoms with van der Waals surface area (Å²) in [5.74, 6) is 0.461. The maximum atomic E-state index is 12.5. The van der Waals surface area contributed by atoms with Crippen LogP contribution in [0.25, 0.3) is 0 Å². The van der Waals surface area contributed by atoms with E-state index < -0.39 is 5.97 Å². The molecule has 0 radical (unpaired) electrons. The van der Waals surface area contributed by atoms with Gasteiger partial charge in [-0.2, -0.15) is 0 Å². The van der Waals surface area contributed by atoms with E-state index in [0.717, 1.165) is 5.56 Å². The molecule has 1 saturated heterocycles. The van der Waals surface area contributed by atoms with Crippen molar-refractivity contribution in [2.75, 3.05) is 33.4 Å². The summed E-state index contributed by atoms with van der Waals surface area (Å²) in [7, 11) is 1.59. The molecule has 1 aliphatic heterocycles. The van der Waals surface area contributed by atoms with Crippen LogP contribution in [0.2, 0.25) is 0 Å². The number of aromatic nitrogens is 1. The molecule has 0 bridgehead atoms. The van der Waals surface area contributed by atoms with Gasteiger partial charge in [-0.05, 0) is 50.1 Å². The smallest absolute Gasteiger partial charge is 0.356 e. The van der Waals surface area contributed by atoms with Gasteiger partial charge in [0.1, 0.15) is 12.3 Å². The van der Waals surface area contributed by atoms with E-state index in [9.17, 15) is 14.4 Å². The molecular formula is C25H31N3O6. The average molecular weight is 470 g/mol. The zero-order valence-electron chi connectivity index (χ0n) is 20.0. The minimum absolute atomic E-state index is 0.0587.